The molecule has 4 aromatic rings. The van der Waals surface area contributed by atoms with Crippen molar-refractivity contribution in [1.82, 2.24) is 20.3 Å². The van der Waals surface area contributed by atoms with Gasteiger partial charge in [-0.15, -0.1) is 0 Å². The molecule has 3 heterocycles. The van der Waals surface area contributed by atoms with Crippen LogP contribution >= 0.6 is 0 Å². The van der Waals surface area contributed by atoms with E-state index in [1.54, 1.807) is 18.5 Å². The second kappa shape index (κ2) is 9.17. The van der Waals surface area contributed by atoms with Crippen LogP contribution < -0.4 is 10.2 Å². The zero-order valence-corrected chi connectivity index (χ0v) is 19.3. The Hall–Kier alpha value is -3.87. The molecule has 0 atom stereocenters. The van der Waals surface area contributed by atoms with Crippen LogP contribution in [0.15, 0.2) is 60.9 Å². The molecule has 1 amide bonds. The molecule has 2 aromatic carbocycles. The van der Waals surface area contributed by atoms with E-state index >= 15 is 0 Å². The van der Waals surface area contributed by atoms with Crippen LogP contribution in [0.4, 0.5) is 10.2 Å². The van der Waals surface area contributed by atoms with Crippen molar-refractivity contribution in [3.05, 3.63) is 83.6 Å². The lowest BCUT2D eigenvalue weighted by Crippen LogP contribution is -2.33. The van der Waals surface area contributed by atoms with Crippen LogP contribution in [0.1, 0.15) is 40.4 Å². The summed E-state index contributed by atoms with van der Waals surface area (Å²) in [5.74, 6) is 0.180. The lowest BCUT2D eigenvalue weighted by molar-refractivity contribution is 0.0959. The Balaban J connectivity index is 1.36. The molecule has 0 bridgehead atoms. The molecule has 2 aromatic heterocycles. The number of aryl methyl sites for hydroxylation is 1. The number of fused-ring (bicyclic) bond motifs is 1. The summed E-state index contributed by atoms with van der Waals surface area (Å²) in [6, 6.07) is 15.1. The van der Waals surface area contributed by atoms with Gasteiger partial charge in [-0.1, -0.05) is 17.7 Å². The van der Waals surface area contributed by atoms with Gasteiger partial charge in [0.2, 0.25) is 0 Å². The highest BCUT2D eigenvalue weighted by atomic mass is 19.1. The first kappa shape index (κ1) is 21.9. The smallest absolute Gasteiger partial charge is 0.253 e. The van der Waals surface area contributed by atoms with Gasteiger partial charge in [-0.25, -0.2) is 9.37 Å². The van der Waals surface area contributed by atoms with Gasteiger partial charge >= 0.3 is 0 Å². The Bertz CT molecular complexity index is 1360. The summed E-state index contributed by atoms with van der Waals surface area (Å²) in [7, 11) is 1.48. The number of hydrogen-bond donors (Lipinski definition) is 1. The molecular weight excluding hydrogens is 429 g/mol. The number of amides is 1. The van der Waals surface area contributed by atoms with E-state index in [9.17, 15) is 9.18 Å². The number of pyridine rings is 1. The van der Waals surface area contributed by atoms with Gasteiger partial charge in [0.25, 0.3) is 5.91 Å². The number of benzene rings is 2. The van der Waals surface area contributed by atoms with E-state index in [1.807, 2.05) is 0 Å². The van der Waals surface area contributed by atoms with Gasteiger partial charge in [-0.05, 0) is 56.2 Å². The second-order valence-corrected chi connectivity index (χ2v) is 8.69. The minimum atomic E-state index is -0.569. The minimum absolute atomic E-state index is 0.0167. The number of piperidine rings is 1. The molecule has 34 heavy (non-hydrogen) atoms. The summed E-state index contributed by atoms with van der Waals surface area (Å²) in [4.78, 5) is 28.2. The molecule has 1 fully saturated rings. The number of aromatic nitrogens is 3. The normalized spacial score (nSPS) is 14.4. The highest BCUT2D eigenvalue weighted by Gasteiger charge is 2.26. The fourth-order valence-corrected chi connectivity index (χ4v) is 4.64. The summed E-state index contributed by atoms with van der Waals surface area (Å²) >= 11 is 0. The predicted octanol–water partition coefficient (Wildman–Crippen LogP) is 4.88. The predicted molar refractivity (Wildman–Crippen MR) is 131 cm³/mol. The maximum atomic E-state index is 14.6. The van der Waals surface area contributed by atoms with Crippen LogP contribution in [0.2, 0.25) is 0 Å². The van der Waals surface area contributed by atoms with Gasteiger partial charge in [0.05, 0.1) is 22.5 Å². The van der Waals surface area contributed by atoms with E-state index in [1.165, 1.54) is 24.7 Å². The van der Waals surface area contributed by atoms with Crippen molar-refractivity contribution in [3.63, 3.8) is 0 Å². The SMILES string of the molecule is CNC(=O)c1ccc(-c2nccnc2C2CCN(c3ccc4cc(C)ccc4n3)CC2)cc1F. The average Bonchev–Trinajstić information content (AvgIpc) is 2.88. The monoisotopic (exact) mass is 455 g/mol. The molecule has 1 N–H and O–H groups in total. The number of rotatable bonds is 4. The zero-order chi connectivity index (χ0) is 23.7. The highest BCUT2D eigenvalue weighted by molar-refractivity contribution is 5.94. The summed E-state index contributed by atoms with van der Waals surface area (Å²) in [6.07, 6.45) is 5.11. The number of carbonyl (C=O) groups is 1. The quantitative estimate of drug-likeness (QED) is 0.475. The molecule has 6 nitrogen and oxygen atoms in total. The Morgan fingerprint density at radius 3 is 2.59 bits per heavy atom. The van der Waals surface area contributed by atoms with E-state index in [-0.39, 0.29) is 11.5 Å². The van der Waals surface area contributed by atoms with Crippen LogP contribution in [-0.4, -0.2) is 41.0 Å². The summed E-state index contributed by atoms with van der Waals surface area (Å²) in [5, 5.41) is 3.61. The summed E-state index contributed by atoms with van der Waals surface area (Å²) in [5.41, 5.74) is 4.42. The van der Waals surface area contributed by atoms with Crippen LogP contribution in [0, 0.1) is 12.7 Å². The highest BCUT2D eigenvalue weighted by Crippen LogP contribution is 2.34. The number of hydrogen-bond acceptors (Lipinski definition) is 5. The van der Waals surface area contributed by atoms with Gasteiger partial charge in [0.1, 0.15) is 11.6 Å². The van der Waals surface area contributed by atoms with Crippen LogP contribution in [0.5, 0.6) is 0 Å². The van der Waals surface area contributed by atoms with Crippen LogP contribution in [0.25, 0.3) is 22.2 Å². The van der Waals surface area contributed by atoms with Crippen molar-refractivity contribution in [2.45, 2.75) is 25.7 Å². The zero-order valence-electron chi connectivity index (χ0n) is 19.3. The number of halogens is 1. The number of carbonyl (C=O) groups excluding carboxylic acids is 1. The van der Waals surface area contributed by atoms with Crippen molar-refractivity contribution in [2.75, 3.05) is 25.0 Å². The minimum Gasteiger partial charge on any atom is -0.357 e. The van der Waals surface area contributed by atoms with Crippen molar-refractivity contribution < 1.29 is 9.18 Å². The first-order valence-electron chi connectivity index (χ1n) is 11.5. The Kier molecular flexibility index (Phi) is 5.92. The van der Waals surface area contributed by atoms with Gasteiger partial charge in [0, 0.05) is 49.4 Å². The molecule has 0 spiro atoms. The molecule has 0 unspecified atom stereocenters. The fourth-order valence-electron chi connectivity index (χ4n) is 4.64. The third-order valence-electron chi connectivity index (χ3n) is 6.48. The van der Waals surface area contributed by atoms with E-state index < -0.39 is 11.7 Å². The molecule has 1 aliphatic rings. The van der Waals surface area contributed by atoms with Crippen LogP contribution in [-0.2, 0) is 0 Å². The number of anilines is 1. The summed E-state index contributed by atoms with van der Waals surface area (Å²) < 4.78 is 14.6. The molecular formula is C27H26FN5O. The van der Waals surface area contributed by atoms with Crippen molar-refractivity contribution in [3.8, 4) is 11.3 Å². The first-order chi connectivity index (χ1) is 16.5. The average molecular weight is 456 g/mol. The van der Waals surface area contributed by atoms with Gasteiger partial charge in [-0.3, -0.25) is 14.8 Å². The lowest BCUT2D eigenvalue weighted by Gasteiger charge is -2.33. The Morgan fingerprint density at radius 1 is 1.03 bits per heavy atom. The maximum Gasteiger partial charge on any atom is 0.253 e. The standard InChI is InChI=1S/C27H26FN5O/c1-17-3-7-23-19(15-17)5-8-24(32-23)33-13-9-18(10-14-33)25-26(31-12-11-30-25)20-4-6-21(22(28)16-20)27(34)29-2/h3-8,11-12,15-16,18H,9-10,13-14H2,1-2H3,(H,29,34). The lowest BCUT2D eigenvalue weighted by atomic mass is 9.90. The fraction of sp³-hybridized carbons (Fsp3) is 0.259. The largest absolute Gasteiger partial charge is 0.357 e. The molecule has 0 saturated carbocycles. The first-order valence-corrected chi connectivity index (χ1v) is 11.5. The number of nitrogens with zero attached hydrogens (tertiary/aromatic N) is 4. The van der Waals surface area contributed by atoms with E-state index in [0.29, 0.717) is 11.3 Å². The van der Waals surface area contributed by atoms with E-state index in [4.69, 9.17) is 4.98 Å². The van der Waals surface area contributed by atoms with E-state index in [0.717, 1.165) is 48.3 Å². The van der Waals surface area contributed by atoms with Gasteiger partial charge in [-0.2, -0.15) is 0 Å². The number of nitrogens with one attached hydrogen (secondary N) is 1. The molecule has 7 heteroatoms. The van der Waals surface area contributed by atoms with Crippen molar-refractivity contribution >= 4 is 22.6 Å². The molecule has 5 rings (SSSR count). The molecule has 1 aliphatic heterocycles. The molecule has 0 aliphatic carbocycles. The topological polar surface area (TPSA) is 71.0 Å². The van der Waals surface area contributed by atoms with Crippen LogP contribution in [0.3, 0.4) is 0 Å². The molecule has 172 valence electrons. The summed E-state index contributed by atoms with van der Waals surface area (Å²) in [6.45, 7) is 3.80. The third kappa shape index (κ3) is 4.21. The molecule has 1 saturated heterocycles. The molecule has 0 radical (unpaired) electrons. The van der Waals surface area contributed by atoms with Gasteiger partial charge < -0.3 is 10.2 Å². The van der Waals surface area contributed by atoms with Gasteiger partial charge in [0.15, 0.2) is 0 Å². The third-order valence-corrected chi connectivity index (χ3v) is 6.48. The Labute approximate surface area is 197 Å². The Morgan fingerprint density at radius 2 is 1.82 bits per heavy atom. The van der Waals surface area contributed by atoms with Crippen molar-refractivity contribution in [2.24, 2.45) is 0 Å². The maximum absolute atomic E-state index is 14.6. The second-order valence-electron chi connectivity index (χ2n) is 8.69. The van der Waals surface area contributed by atoms with E-state index in [2.05, 4.69) is 57.4 Å². The van der Waals surface area contributed by atoms with Crippen molar-refractivity contribution in [1.29, 1.82) is 0 Å².